The number of likely N-dealkylation sites (tertiary alicyclic amines) is 2. The van der Waals surface area contributed by atoms with Crippen LogP contribution in [0.2, 0.25) is 0 Å². The Morgan fingerprint density at radius 3 is 2.72 bits per heavy atom. The van der Waals surface area contributed by atoms with Crippen LogP contribution in [0.5, 0.6) is 0 Å². The van der Waals surface area contributed by atoms with Crippen LogP contribution in [0.1, 0.15) is 32.1 Å². The zero-order valence-corrected chi connectivity index (χ0v) is 15.0. The number of piperidine rings is 2. The summed E-state index contributed by atoms with van der Waals surface area (Å²) in [6.07, 6.45) is 6.25. The van der Waals surface area contributed by atoms with Gasteiger partial charge in [0.2, 0.25) is 5.91 Å². The van der Waals surface area contributed by atoms with Crippen LogP contribution in [0.4, 0.5) is 0 Å². The molecule has 0 saturated carbocycles. The van der Waals surface area contributed by atoms with Crippen molar-refractivity contribution < 1.29 is 4.79 Å². The number of hydrogen-bond donors (Lipinski definition) is 0. The molecule has 2 fully saturated rings. The number of carbonyl (C=O) groups is 1. The van der Waals surface area contributed by atoms with E-state index in [0.717, 1.165) is 42.9 Å². The van der Waals surface area contributed by atoms with Crippen molar-refractivity contribution in [3.05, 3.63) is 24.3 Å². The van der Waals surface area contributed by atoms with Crippen LogP contribution in [0.3, 0.4) is 0 Å². The molecule has 0 bridgehead atoms. The summed E-state index contributed by atoms with van der Waals surface area (Å²) < 4.78 is 1.72. The van der Waals surface area contributed by atoms with Gasteiger partial charge in [-0.3, -0.25) is 4.79 Å². The predicted molar refractivity (Wildman–Crippen MR) is 97.1 cm³/mol. The summed E-state index contributed by atoms with van der Waals surface area (Å²) in [6, 6.07) is 8.50. The number of fused-ring (bicyclic) bond motifs is 1. The van der Waals surface area contributed by atoms with E-state index in [1.54, 1.807) is 4.68 Å². The molecule has 0 aliphatic carbocycles. The predicted octanol–water partition coefficient (Wildman–Crippen LogP) is 2.15. The van der Waals surface area contributed by atoms with E-state index in [-0.39, 0.29) is 12.5 Å². The van der Waals surface area contributed by atoms with Gasteiger partial charge in [-0.15, -0.1) is 5.10 Å². The monoisotopic (exact) mass is 341 g/mol. The average Bonchev–Trinajstić information content (AvgIpc) is 3.05. The normalized spacial score (nSPS) is 23.2. The van der Waals surface area contributed by atoms with E-state index in [1.165, 1.54) is 25.8 Å². The lowest BCUT2D eigenvalue weighted by Crippen LogP contribution is -2.47. The van der Waals surface area contributed by atoms with Gasteiger partial charge in [0.1, 0.15) is 12.1 Å². The minimum atomic E-state index is 0.158. The second kappa shape index (κ2) is 7.12. The molecule has 2 saturated heterocycles. The fourth-order valence-electron chi connectivity index (χ4n) is 4.49. The largest absolute Gasteiger partial charge is 0.341 e. The van der Waals surface area contributed by atoms with E-state index in [4.69, 9.17) is 0 Å². The fourth-order valence-corrected chi connectivity index (χ4v) is 4.49. The van der Waals surface area contributed by atoms with Gasteiger partial charge < -0.3 is 9.80 Å². The van der Waals surface area contributed by atoms with Crippen molar-refractivity contribution in [1.29, 1.82) is 0 Å². The maximum Gasteiger partial charge on any atom is 0.244 e. The Bertz CT molecular complexity index is 734. The number of rotatable bonds is 3. The Balaban J connectivity index is 1.35. The smallest absolute Gasteiger partial charge is 0.244 e. The molecule has 6 heteroatoms. The highest BCUT2D eigenvalue weighted by Crippen LogP contribution is 2.29. The lowest BCUT2D eigenvalue weighted by molar-refractivity contribution is -0.133. The highest BCUT2D eigenvalue weighted by molar-refractivity contribution is 5.79. The zero-order valence-electron chi connectivity index (χ0n) is 15.0. The van der Waals surface area contributed by atoms with E-state index in [1.807, 2.05) is 29.2 Å². The van der Waals surface area contributed by atoms with Gasteiger partial charge in [0.15, 0.2) is 0 Å². The average molecular weight is 341 g/mol. The van der Waals surface area contributed by atoms with Crippen LogP contribution < -0.4 is 0 Å². The quantitative estimate of drug-likeness (QED) is 0.858. The van der Waals surface area contributed by atoms with Gasteiger partial charge in [0.25, 0.3) is 0 Å². The Morgan fingerprint density at radius 2 is 1.92 bits per heavy atom. The molecule has 2 aromatic rings. The highest BCUT2D eigenvalue weighted by Gasteiger charge is 2.31. The molecule has 0 spiro atoms. The van der Waals surface area contributed by atoms with Gasteiger partial charge in [-0.25, -0.2) is 4.68 Å². The fraction of sp³-hybridized carbons (Fsp3) is 0.632. The first-order chi connectivity index (χ1) is 12.2. The molecule has 1 unspecified atom stereocenters. The standard InChI is InChI=1S/C19H27N5O/c1-22-11-5-4-7-17(22)15-9-12-23(13-10-15)19(25)14-24-18-8-3-2-6-16(18)20-21-24/h2-3,6,8,15,17H,4-5,7,9-14H2,1H3. The maximum atomic E-state index is 12.7. The van der Waals surface area contributed by atoms with Crippen molar-refractivity contribution in [2.75, 3.05) is 26.7 Å². The second-order valence-corrected chi connectivity index (χ2v) is 7.50. The summed E-state index contributed by atoms with van der Waals surface area (Å²) in [7, 11) is 2.26. The first kappa shape index (κ1) is 16.5. The van der Waals surface area contributed by atoms with E-state index in [0.29, 0.717) is 6.04 Å². The summed E-state index contributed by atoms with van der Waals surface area (Å²) in [4.78, 5) is 17.2. The molecule has 1 aromatic carbocycles. The van der Waals surface area contributed by atoms with Crippen LogP contribution in [0.15, 0.2) is 24.3 Å². The number of hydrogen-bond acceptors (Lipinski definition) is 4. The number of carbonyl (C=O) groups excluding carboxylic acids is 1. The van der Waals surface area contributed by atoms with E-state index >= 15 is 0 Å². The number of benzene rings is 1. The molecule has 6 nitrogen and oxygen atoms in total. The first-order valence-corrected chi connectivity index (χ1v) is 9.48. The molecule has 134 valence electrons. The van der Waals surface area contributed by atoms with Crippen molar-refractivity contribution in [2.24, 2.45) is 5.92 Å². The topological polar surface area (TPSA) is 54.3 Å². The highest BCUT2D eigenvalue weighted by atomic mass is 16.2. The molecular weight excluding hydrogens is 314 g/mol. The van der Waals surface area contributed by atoms with Gasteiger partial charge in [-0.2, -0.15) is 0 Å². The van der Waals surface area contributed by atoms with Gasteiger partial charge in [0.05, 0.1) is 5.52 Å². The molecular formula is C19H27N5O. The van der Waals surface area contributed by atoms with Crippen LogP contribution in [0, 0.1) is 5.92 Å². The third kappa shape index (κ3) is 3.40. The number of amides is 1. The van der Waals surface area contributed by atoms with Crippen molar-refractivity contribution >= 4 is 16.9 Å². The molecule has 3 heterocycles. The lowest BCUT2D eigenvalue weighted by Gasteiger charge is -2.42. The number of para-hydroxylation sites is 1. The van der Waals surface area contributed by atoms with Crippen molar-refractivity contribution in [2.45, 2.75) is 44.7 Å². The molecule has 25 heavy (non-hydrogen) atoms. The third-order valence-electron chi connectivity index (χ3n) is 5.97. The number of aromatic nitrogens is 3. The second-order valence-electron chi connectivity index (χ2n) is 7.50. The minimum Gasteiger partial charge on any atom is -0.341 e. The molecule has 2 aliphatic rings. The SMILES string of the molecule is CN1CCCCC1C1CCN(C(=O)Cn2nnc3ccccc32)CC1. The van der Waals surface area contributed by atoms with Gasteiger partial charge in [0, 0.05) is 19.1 Å². The van der Waals surface area contributed by atoms with E-state index in [2.05, 4.69) is 22.3 Å². The summed E-state index contributed by atoms with van der Waals surface area (Å²) in [5, 5.41) is 8.28. The van der Waals surface area contributed by atoms with Crippen LogP contribution in [-0.4, -0.2) is 63.4 Å². The Kier molecular flexibility index (Phi) is 4.70. The Labute approximate surface area is 148 Å². The van der Waals surface area contributed by atoms with E-state index < -0.39 is 0 Å². The van der Waals surface area contributed by atoms with Crippen molar-refractivity contribution in [1.82, 2.24) is 24.8 Å². The van der Waals surface area contributed by atoms with Gasteiger partial charge >= 0.3 is 0 Å². The molecule has 2 aliphatic heterocycles. The molecule has 4 rings (SSSR count). The summed E-state index contributed by atoms with van der Waals surface area (Å²) in [5.41, 5.74) is 1.77. The van der Waals surface area contributed by atoms with Crippen LogP contribution in [-0.2, 0) is 11.3 Å². The molecule has 1 aromatic heterocycles. The molecule has 0 N–H and O–H groups in total. The Morgan fingerprint density at radius 1 is 1.12 bits per heavy atom. The maximum absolute atomic E-state index is 12.7. The lowest BCUT2D eigenvalue weighted by atomic mass is 9.84. The minimum absolute atomic E-state index is 0.158. The van der Waals surface area contributed by atoms with Crippen LogP contribution in [0.25, 0.3) is 11.0 Å². The van der Waals surface area contributed by atoms with Crippen LogP contribution >= 0.6 is 0 Å². The number of nitrogens with zero attached hydrogens (tertiary/aromatic N) is 5. The molecule has 0 radical (unpaired) electrons. The first-order valence-electron chi connectivity index (χ1n) is 9.48. The van der Waals surface area contributed by atoms with Crippen molar-refractivity contribution in [3.63, 3.8) is 0 Å². The van der Waals surface area contributed by atoms with E-state index in [9.17, 15) is 4.79 Å². The summed E-state index contributed by atoms with van der Waals surface area (Å²) >= 11 is 0. The Hall–Kier alpha value is -1.95. The van der Waals surface area contributed by atoms with Gasteiger partial charge in [-0.1, -0.05) is 23.8 Å². The molecule has 1 amide bonds. The molecule has 1 atom stereocenters. The summed E-state index contributed by atoms with van der Waals surface area (Å²) in [6.45, 7) is 3.26. The summed E-state index contributed by atoms with van der Waals surface area (Å²) in [5.74, 6) is 0.896. The van der Waals surface area contributed by atoms with Gasteiger partial charge in [-0.05, 0) is 57.3 Å². The third-order valence-corrected chi connectivity index (χ3v) is 5.97. The zero-order chi connectivity index (χ0) is 17.2. The van der Waals surface area contributed by atoms with Crippen molar-refractivity contribution in [3.8, 4) is 0 Å².